The molecule has 0 aliphatic rings. The maximum atomic E-state index is 11.8. The van der Waals surface area contributed by atoms with E-state index in [2.05, 4.69) is 17.0 Å². The summed E-state index contributed by atoms with van der Waals surface area (Å²) in [5.74, 6) is 0.218. The zero-order valence-electron chi connectivity index (χ0n) is 11.0. The Bertz CT molecular complexity index is 335. The van der Waals surface area contributed by atoms with Gasteiger partial charge in [-0.15, -0.1) is 0 Å². The average molecular weight is 234 g/mol. The van der Waals surface area contributed by atoms with Crippen molar-refractivity contribution in [2.24, 2.45) is 0 Å². The molecule has 0 bridgehead atoms. The summed E-state index contributed by atoms with van der Waals surface area (Å²) in [5.41, 5.74) is 1.22. The van der Waals surface area contributed by atoms with Crippen molar-refractivity contribution in [2.45, 2.75) is 12.8 Å². The molecule has 0 aromatic heterocycles. The summed E-state index contributed by atoms with van der Waals surface area (Å²) >= 11 is 0. The van der Waals surface area contributed by atoms with Gasteiger partial charge in [0.1, 0.15) is 0 Å². The Balaban J connectivity index is 2.29. The Morgan fingerprint density at radius 3 is 2.29 bits per heavy atom. The molecule has 3 heteroatoms. The van der Waals surface area contributed by atoms with Gasteiger partial charge in [0.05, 0.1) is 0 Å². The van der Waals surface area contributed by atoms with E-state index in [-0.39, 0.29) is 5.91 Å². The quantitative estimate of drug-likeness (QED) is 0.747. The van der Waals surface area contributed by atoms with Crippen molar-refractivity contribution in [1.29, 1.82) is 0 Å². The van der Waals surface area contributed by atoms with Crippen LogP contribution in [-0.4, -0.2) is 49.9 Å². The first-order valence-corrected chi connectivity index (χ1v) is 6.02. The van der Waals surface area contributed by atoms with Crippen LogP contribution >= 0.6 is 0 Å². The van der Waals surface area contributed by atoms with Gasteiger partial charge in [0.15, 0.2) is 0 Å². The third-order valence-electron chi connectivity index (χ3n) is 2.78. The molecule has 0 aliphatic carbocycles. The third kappa shape index (κ3) is 5.50. The van der Waals surface area contributed by atoms with Crippen molar-refractivity contribution >= 4 is 5.91 Å². The Labute approximate surface area is 104 Å². The molecule has 0 saturated heterocycles. The van der Waals surface area contributed by atoms with Gasteiger partial charge in [-0.05, 0) is 26.1 Å². The first-order valence-electron chi connectivity index (χ1n) is 6.02. The van der Waals surface area contributed by atoms with Crippen molar-refractivity contribution in [2.75, 3.05) is 34.2 Å². The highest BCUT2D eigenvalue weighted by molar-refractivity contribution is 5.76. The lowest BCUT2D eigenvalue weighted by atomic mass is 10.1. The number of nitrogens with zero attached hydrogens (tertiary/aromatic N) is 2. The van der Waals surface area contributed by atoms with E-state index in [9.17, 15) is 4.79 Å². The molecule has 3 nitrogen and oxygen atoms in total. The molecule has 1 aromatic rings. The zero-order chi connectivity index (χ0) is 12.7. The van der Waals surface area contributed by atoms with Gasteiger partial charge in [0, 0.05) is 26.6 Å². The molecule has 1 aromatic carbocycles. The molecule has 17 heavy (non-hydrogen) atoms. The molecule has 1 rings (SSSR count). The minimum absolute atomic E-state index is 0.218. The number of hydrogen-bond acceptors (Lipinski definition) is 2. The van der Waals surface area contributed by atoms with Gasteiger partial charge in [-0.1, -0.05) is 30.3 Å². The monoisotopic (exact) mass is 234 g/mol. The van der Waals surface area contributed by atoms with Gasteiger partial charge in [-0.2, -0.15) is 0 Å². The lowest BCUT2D eigenvalue weighted by molar-refractivity contribution is -0.129. The van der Waals surface area contributed by atoms with Gasteiger partial charge in [0.25, 0.3) is 0 Å². The van der Waals surface area contributed by atoms with Crippen LogP contribution < -0.4 is 0 Å². The summed E-state index contributed by atoms with van der Waals surface area (Å²) in [6.07, 6.45) is 1.42. The van der Waals surface area contributed by atoms with E-state index in [1.807, 2.05) is 44.2 Å². The van der Waals surface area contributed by atoms with Gasteiger partial charge < -0.3 is 9.80 Å². The lowest BCUT2D eigenvalue weighted by Gasteiger charge is -2.19. The topological polar surface area (TPSA) is 23.6 Å². The summed E-state index contributed by atoms with van der Waals surface area (Å²) < 4.78 is 0. The number of likely N-dealkylation sites (N-methyl/N-ethyl adjacent to an activating group) is 2. The normalized spacial score (nSPS) is 10.6. The first-order chi connectivity index (χ1) is 8.09. The summed E-state index contributed by atoms with van der Waals surface area (Å²) in [5, 5.41) is 0. The van der Waals surface area contributed by atoms with E-state index in [0.717, 1.165) is 19.5 Å². The van der Waals surface area contributed by atoms with Crippen molar-refractivity contribution in [3.05, 3.63) is 35.9 Å². The summed E-state index contributed by atoms with van der Waals surface area (Å²) in [6.45, 7) is 1.70. The molecule has 0 saturated carbocycles. The van der Waals surface area contributed by atoms with Crippen LogP contribution in [0.5, 0.6) is 0 Å². The van der Waals surface area contributed by atoms with Crippen LogP contribution in [0.4, 0.5) is 0 Å². The number of amides is 1. The van der Waals surface area contributed by atoms with Crippen LogP contribution in [0.15, 0.2) is 30.3 Å². The predicted octanol–water partition coefficient (Wildman–Crippen LogP) is 1.64. The van der Waals surface area contributed by atoms with Crippen molar-refractivity contribution < 1.29 is 4.79 Å². The molecule has 0 radical (unpaired) electrons. The highest BCUT2D eigenvalue weighted by Crippen LogP contribution is 2.03. The van der Waals surface area contributed by atoms with E-state index in [4.69, 9.17) is 0 Å². The van der Waals surface area contributed by atoms with Crippen molar-refractivity contribution in [3.8, 4) is 0 Å². The standard InChI is InChI=1S/C14H22N2O/c1-15(2)11-12-16(3)14(17)10-9-13-7-5-4-6-8-13/h4-8H,9-12H2,1-3H3. The Kier molecular flexibility index (Phi) is 5.70. The third-order valence-corrected chi connectivity index (χ3v) is 2.78. The van der Waals surface area contributed by atoms with Gasteiger partial charge in [-0.3, -0.25) is 4.79 Å². The smallest absolute Gasteiger partial charge is 0.222 e. The Morgan fingerprint density at radius 2 is 1.71 bits per heavy atom. The van der Waals surface area contributed by atoms with E-state index in [0.29, 0.717) is 6.42 Å². The van der Waals surface area contributed by atoms with Crippen LogP contribution in [0.1, 0.15) is 12.0 Å². The number of benzene rings is 1. The highest BCUT2D eigenvalue weighted by Gasteiger charge is 2.08. The van der Waals surface area contributed by atoms with Crippen LogP contribution in [-0.2, 0) is 11.2 Å². The van der Waals surface area contributed by atoms with Gasteiger partial charge in [-0.25, -0.2) is 0 Å². The molecule has 0 unspecified atom stereocenters. The molecule has 94 valence electrons. The molecule has 0 aliphatic heterocycles. The maximum absolute atomic E-state index is 11.8. The zero-order valence-corrected chi connectivity index (χ0v) is 11.0. The van der Waals surface area contributed by atoms with E-state index >= 15 is 0 Å². The fourth-order valence-corrected chi connectivity index (χ4v) is 1.56. The molecule has 0 atom stereocenters. The number of carbonyl (C=O) groups is 1. The van der Waals surface area contributed by atoms with E-state index < -0.39 is 0 Å². The number of hydrogen-bond donors (Lipinski definition) is 0. The maximum Gasteiger partial charge on any atom is 0.222 e. The summed E-state index contributed by atoms with van der Waals surface area (Å²) in [4.78, 5) is 15.7. The minimum atomic E-state index is 0.218. The molecule has 0 N–H and O–H groups in total. The van der Waals surface area contributed by atoms with Crippen LogP contribution in [0.3, 0.4) is 0 Å². The van der Waals surface area contributed by atoms with Crippen LogP contribution in [0.25, 0.3) is 0 Å². The number of aryl methyl sites for hydroxylation is 1. The molecule has 0 fully saturated rings. The van der Waals surface area contributed by atoms with Crippen molar-refractivity contribution in [1.82, 2.24) is 9.80 Å². The minimum Gasteiger partial charge on any atom is -0.344 e. The number of carbonyl (C=O) groups excluding carboxylic acids is 1. The van der Waals surface area contributed by atoms with Gasteiger partial charge >= 0.3 is 0 Å². The second-order valence-electron chi connectivity index (χ2n) is 4.60. The van der Waals surface area contributed by atoms with E-state index in [1.165, 1.54) is 5.56 Å². The van der Waals surface area contributed by atoms with Gasteiger partial charge in [0.2, 0.25) is 5.91 Å². The summed E-state index contributed by atoms with van der Waals surface area (Å²) in [7, 11) is 5.90. The second kappa shape index (κ2) is 7.07. The largest absolute Gasteiger partial charge is 0.344 e. The first kappa shape index (κ1) is 13.7. The highest BCUT2D eigenvalue weighted by atomic mass is 16.2. The van der Waals surface area contributed by atoms with Crippen molar-refractivity contribution in [3.63, 3.8) is 0 Å². The lowest BCUT2D eigenvalue weighted by Crippen LogP contribution is -2.33. The molecule has 0 heterocycles. The number of rotatable bonds is 6. The Hall–Kier alpha value is -1.35. The Morgan fingerprint density at radius 1 is 1.06 bits per heavy atom. The second-order valence-corrected chi connectivity index (χ2v) is 4.60. The predicted molar refractivity (Wildman–Crippen MR) is 71.0 cm³/mol. The SMILES string of the molecule is CN(C)CCN(C)C(=O)CCc1ccccc1. The fraction of sp³-hybridized carbons (Fsp3) is 0.500. The van der Waals surface area contributed by atoms with Crippen LogP contribution in [0.2, 0.25) is 0 Å². The molecular formula is C14H22N2O. The fourth-order valence-electron chi connectivity index (χ4n) is 1.56. The average Bonchev–Trinajstić information content (AvgIpc) is 2.34. The van der Waals surface area contributed by atoms with E-state index in [1.54, 1.807) is 0 Å². The molecule has 0 spiro atoms. The summed E-state index contributed by atoms with van der Waals surface area (Å²) in [6, 6.07) is 10.1. The molecule has 1 amide bonds. The molecular weight excluding hydrogens is 212 g/mol. The van der Waals surface area contributed by atoms with Crippen LogP contribution in [0, 0.1) is 0 Å².